The number of halogens is 1. The van der Waals surface area contributed by atoms with E-state index in [-0.39, 0.29) is 5.97 Å². The smallest absolute Gasteiger partial charge is 0.305 e. The number of methoxy groups -OCH3 is 1. The maximum absolute atomic E-state index is 11.9. The Hall–Kier alpha value is -0.640. The van der Waals surface area contributed by atoms with Crippen LogP contribution in [0.3, 0.4) is 0 Å². The molecule has 4 heteroatoms. The lowest BCUT2D eigenvalue weighted by molar-refractivity contribution is -0.140. The Bertz CT molecular complexity index is 174. The quantitative estimate of drug-likeness (QED) is 0.467. The highest BCUT2D eigenvalue weighted by atomic mass is 19.1. The summed E-state index contributed by atoms with van der Waals surface area (Å²) in [5.74, 6) is -0.147. The second-order valence-electron chi connectivity index (χ2n) is 4.04. The van der Waals surface area contributed by atoms with Gasteiger partial charge in [0.15, 0.2) is 0 Å². The van der Waals surface area contributed by atoms with Crippen LogP contribution in [0, 0.1) is 0 Å². The van der Waals surface area contributed by atoms with E-state index < -0.39 is 12.8 Å². The lowest BCUT2D eigenvalue weighted by Gasteiger charge is -2.05. The maximum atomic E-state index is 11.9. The fourth-order valence-corrected chi connectivity index (χ4v) is 1.54. The molecule has 1 atom stereocenters. The van der Waals surface area contributed by atoms with Gasteiger partial charge in [-0.3, -0.25) is 4.79 Å². The summed E-state index contributed by atoms with van der Waals surface area (Å²) < 4.78 is 16.4. The van der Waals surface area contributed by atoms with Crippen LogP contribution in [0.25, 0.3) is 0 Å². The minimum atomic E-state index is -0.778. The van der Waals surface area contributed by atoms with Crippen molar-refractivity contribution in [2.45, 2.75) is 57.5 Å². The minimum absolute atomic E-state index is 0.147. The molecule has 0 aromatic rings. The van der Waals surface area contributed by atoms with E-state index in [0.29, 0.717) is 12.8 Å². The second-order valence-corrected chi connectivity index (χ2v) is 4.04. The molecule has 0 aliphatic carbocycles. The van der Waals surface area contributed by atoms with E-state index in [0.717, 1.165) is 38.5 Å². The van der Waals surface area contributed by atoms with E-state index in [9.17, 15) is 9.18 Å². The molecule has 0 rings (SSSR count). The van der Waals surface area contributed by atoms with Crippen molar-refractivity contribution in [1.29, 1.82) is 0 Å². The Kier molecular flexibility index (Phi) is 10.4. The third-order valence-electron chi connectivity index (χ3n) is 2.57. The van der Waals surface area contributed by atoms with Crippen molar-refractivity contribution < 1.29 is 19.0 Å². The molecular weight excluding hydrogens is 211 g/mol. The molecular formula is C12H23FO3. The zero-order valence-corrected chi connectivity index (χ0v) is 10.1. The summed E-state index contributed by atoms with van der Waals surface area (Å²) in [5, 5.41) is 8.96. The largest absolute Gasteiger partial charge is 0.469 e. The normalized spacial score (nSPS) is 12.4. The predicted molar refractivity (Wildman–Crippen MR) is 60.9 cm³/mol. The van der Waals surface area contributed by atoms with Gasteiger partial charge in [-0.1, -0.05) is 32.1 Å². The van der Waals surface area contributed by atoms with Gasteiger partial charge in [-0.2, -0.15) is 0 Å². The first-order chi connectivity index (χ1) is 7.70. The van der Waals surface area contributed by atoms with E-state index in [2.05, 4.69) is 4.74 Å². The molecule has 0 radical (unpaired) electrons. The first kappa shape index (κ1) is 15.4. The number of rotatable bonds is 10. The average molecular weight is 234 g/mol. The van der Waals surface area contributed by atoms with Crippen LogP contribution in [0.2, 0.25) is 0 Å². The SMILES string of the molecule is COC(=O)CCCCCCCC[C@H](O)CF. The summed E-state index contributed by atoms with van der Waals surface area (Å²) in [6.07, 6.45) is 6.25. The zero-order chi connectivity index (χ0) is 12.2. The predicted octanol–water partition coefficient (Wildman–Crippen LogP) is 2.61. The molecule has 0 heterocycles. The summed E-state index contributed by atoms with van der Waals surface area (Å²) in [4.78, 5) is 10.8. The lowest BCUT2D eigenvalue weighted by Crippen LogP contribution is -2.07. The van der Waals surface area contributed by atoms with Crippen molar-refractivity contribution in [1.82, 2.24) is 0 Å². The standard InChI is InChI=1S/C12H23FO3/c1-16-12(15)9-7-5-3-2-4-6-8-11(14)10-13/h11,14H,2-10H2,1H3/t11-/m0/s1. The molecule has 0 bridgehead atoms. The monoisotopic (exact) mass is 234 g/mol. The second kappa shape index (κ2) is 10.9. The van der Waals surface area contributed by atoms with E-state index in [4.69, 9.17) is 5.11 Å². The molecule has 96 valence electrons. The molecule has 0 aromatic carbocycles. The summed E-state index contributed by atoms with van der Waals surface area (Å²) in [7, 11) is 1.40. The van der Waals surface area contributed by atoms with Crippen LogP contribution >= 0.6 is 0 Å². The van der Waals surface area contributed by atoms with Crippen molar-refractivity contribution >= 4 is 5.97 Å². The van der Waals surface area contributed by atoms with Gasteiger partial charge >= 0.3 is 5.97 Å². The van der Waals surface area contributed by atoms with Crippen molar-refractivity contribution in [3.8, 4) is 0 Å². The topological polar surface area (TPSA) is 46.5 Å². The molecule has 1 N–H and O–H groups in total. The molecule has 0 saturated heterocycles. The van der Waals surface area contributed by atoms with Crippen LogP contribution in [-0.4, -0.2) is 31.0 Å². The molecule has 0 amide bonds. The number of aliphatic hydroxyl groups excluding tert-OH is 1. The summed E-state index contributed by atoms with van der Waals surface area (Å²) in [5.41, 5.74) is 0. The number of aliphatic hydroxyl groups is 1. The molecule has 0 aliphatic rings. The van der Waals surface area contributed by atoms with Gasteiger partial charge in [-0.25, -0.2) is 4.39 Å². The third-order valence-corrected chi connectivity index (χ3v) is 2.57. The van der Waals surface area contributed by atoms with Crippen molar-refractivity contribution in [2.24, 2.45) is 0 Å². The van der Waals surface area contributed by atoms with Gasteiger partial charge < -0.3 is 9.84 Å². The number of carbonyl (C=O) groups is 1. The van der Waals surface area contributed by atoms with Crippen LogP contribution in [-0.2, 0) is 9.53 Å². The molecule has 0 aromatic heterocycles. The average Bonchev–Trinajstić information content (AvgIpc) is 2.31. The van der Waals surface area contributed by atoms with E-state index in [1.54, 1.807) is 0 Å². The van der Waals surface area contributed by atoms with Gasteiger partial charge in [0.25, 0.3) is 0 Å². The number of esters is 1. The van der Waals surface area contributed by atoms with E-state index in [1.807, 2.05) is 0 Å². The van der Waals surface area contributed by atoms with E-state index in [1.165, 1.54) is 7.11 Å². The van der Waals surface area contributed by atoms with Crippen LogP contribution in [0.15, 0.2) is 0 Å². The van der Waals surface area contributed by atoms with Gasteiger partial charge in [0, 0.05) is 6.42 Å². The molecule has 0 saturated carbocycles. The number of carbonyl (C=O) groups excluding carboxylic acids is 1. The Morgan fingerprint density at radius 3 is 2.31 bits per heavy atom. The van der Waals surface area contributed by atoms with Crippen LogP contribution in [0.4, 0.5) is 4.39 Å². The van der Waals surface area contributed by atoms with Gasteiger partial charge in [-0.15, -0.1) is 0 Å². The van der Waals surface area contributed by atoms with Gasteiger partial charge in [0.2, 0.25) is 0 Å². The third kappa shape index (κ3) is 9.90. The molecule has 0 aliphatic heterocycles. The Labute approximate surface area is 97.0 Å². The van der Waals surface area contributed by atoms with Crippen molar-refractivity contribution in [2.75, 3.05) is 13.8 Å². The molecule has 3 nitrogen and oxygen atoms in total. The Morgan fingerprint density at radius 1 is 1.19 bits per heavy atom. The van der Waals surface area contributed by atoms with Crippen LogP contribution in [0.5, 0.6) is 0 Å². The molecule has 0 unspecified atom stereocenters. The van der Waals surface area contributed by atoms with Crippen molar-refractivity contribution in [3.63, 3.8) is 0 Å². The first-order valence-electron chi connectivity index (χ1n) is 6.01. The first-order valence-corrected chi connectivity index (χ1v) is 6.01. The highest BCUT2D eigenvalue weighted by Gasteiger charge is 2.02. The minimum Gasteiger partial charge on any atom is -0.469 e. The molecule has 0 fully saturated rings. The highest BCUT2D eigenvalue weighted by Crippen LogP contribution is 2.10. The van der Waals surface area contributed by atoms with Crippen LogP contribution < -0.4 is 0 Å². The summed E-state index contributed by atoms with van der Waals surface area (Å²) in [6.45, 7) is -0.640. The maximum Gasteiger partial charge on any atom is 0.305 e. The Balaban J connectivity index is 3.07. The van der Waals surface area contributed by atoms with E-state index >= 15 is 0 Å². The zero-order valence-electron chi connectivity index (χ0n) is 10.1. The number of ether oxygens (including phenoxy) is 1. The van der Waals surface area contributed by atoms with Gasteiger partial charge in [0.05, 0.1) is 13.2 Å². The molecule has 0 spiro atoms. The van der Waals surface area contributed by atoms with Gasteiger partial charge in [-0.05, 0) is 12.8 Å². The number of hydrogen-bond acceptors (Lipinski definition) is 3. The Morgan fingerprint density at radius 2 is 1.75 bits per heavy atom. The molecule has 16 heavy (non-hydrogen) atoms. The fourth-order valence-electron chi connectivity index (χ4n) is 1.54. The number of unbranched alkanes of at least 4 members (excludes halogenated alkanes) is 5. The number of alkyl halides is 1. The van der Waals surface area contributed by atoms with Crippen molar-refractivity contribution in [3.05, 3.63) is 0 Å². The lowest BCUT2D eigenvalue weighted by atomic mass is 10.1. The highest BCUT2D eigenvalue weighted by molar-refractivity contribution is 5.68. The summed E-state index contributed by atoms with van der Waals surface area (Å²) >= 11 is 0. The van der Waals surface area contributed by atoms with Crippen LogP contribution in [0.1, 0.15) is 51.4 Å². The summed E-state index contributed by atoms with van der Waals surface area (Å²) in [6, 6.07) is 0. The fraction of sp³-hybridized carbons (Fsp3) is 0.917. The number of hydrogen-bond donors (Lipinski definition) is 1. The van der Waals surface area contributed by atoms with Gasteiger partial charge in [0.1, 0.15) is 6.67 Å².